The number of carbonyl (C=O) groups is 1. The number of nitrogens with one attached hydrogen (secondary N) is 2. The number of aliphatic hydroxyl groups excluding tert-OH is 1. The molecule has 1 amide bonds. The van der Waals surface area contributed by atoms with Gasteiger partial charge in [-0.3, -0.25) is 4.79 Å². The second kappa shape index (κ2) is 8.21. The molecule has 0 aliphatic carbocycles. The third-order valence-corrected chi connectivity index (χ3v) is 1.89. The molecule has 0 bridgehead atoms. The number of nitrogens with zero attached hydrogens (tertiary/aromatic N) is 1. The lowest BCUT2D eigenvalue weighted by Crippen LogP contribution is -2.41. The molecule has 1 unspecified atom stereocenters. The summed E-state index contributed by atoms with van der Waals surface area (Å²) in [5.41, 5.74) is 0. The fourth-order valence-electron chi connectivity index (χ4n) is 1.23. The quantitative estimate of drug-likeness (QED) is 0.503. The van der Waals surface area contributed by atoms with E-state index in [1.54, 1.807) is 0 Å². The van der Waals surface area contributed by atoms with Crippen molar-refractivity contribution in [3.05, 3.63) is 0 Å². The van der Waals surface area contributed by atoms with E-state index >= 15 is 0 Å². The van der Waals surface area contributed by atoms with Gasteiger partial charge in [0, 0.05) is 6.04 Å². The molecule has 86 valence electrons. The molecule has 0 rings (SSSR count). The van der Waals surface area contributed by atoms with E-state index in [2.05, 4.69) is 24.5 Å². The Labute approximate surface area is 90.5 Å². The fourth-order valence-corrected chi connectivity index (χ4v) is 1.23. The predicted molar refractivity (Wildman–Crippen MR) is 57.0 cm³/mol. The van der Waals surface area contributed by atoms with Crippen LogP contribution in [0.25, 0.3) is 0 Å². The summed E-state index contributed by atoms with van der Waals surface area (Å²) in [4.78, 5) is 11.1. The molecule has 1 atom stereocenters. The normalized spacial score (nSPS) is 12.2. The zero-order valence-electron chi connectivity index (χ0n) is 9.29. The van der Waals surface area contributed by atoms with Crippen LogP contribution in [0, 0.1) is 17.2 Å². The monoisotopic (exact) mass is 213 g/mol. The molecule has 0 spiro atoms. The van der Waals surface area contributed by atoms with Crippen molar-refractivity contribution >= 4 is 5.91 Å². The van der Waals surface area contributed by atoms with Gasteiger partial charge in [0.2, 0.25) is 5.91 Å². The minimum absolute atomic E-state index is 0.0176. The molecule has 15 heavy (non-hydrogen) atoms. The maximum atomic E-state index is 11.1. The molecule has 0 radical (unpaired) electrons. The number of hydrogen-bond acceptors (Lipinski definition) is 4. The zero-order chi connectivity index (χ0) is 11.7. The molecule has 0 saturated carbocycles. The van der Waals surface area contributed by atoms with Crippen molar-refractivity contribution in [2.75, 3.05) is 19.7 Å². The summed E-state index contributed by atoms with van der Waals surface area (Å²) in [7, 11) is 0. The summed E-state index contributed by atoms with van der Waals surface area (Å²) in [6.45, 7) is 4.29. The minimum Gasteiger partial charge on any atom is -0.395 e. The third kappa shape index (κ3) is 7.91. The first-order chi connectivity index (χ1) is 7.10. The van der Waals surface area contributed by atoms with Crippen LogP contribution in [0.5, 0.6) is 0 Å². The zero-order valence-corrected chi connectivity index (χ0v) is 9.29. The van der Waals surface area contributed by atoms with E-state index in [4.69, 9.17) is 10.4 Å². The Morgan fingerprint density at radius 1 is 1.53 bits per heavy atom. The highest BCUT2D eigenvalue weighted by Gasteiger charge is 2.10. The summed E-state index contributed by atoms with van der Waals surface area (Å²) in [6.07, 6.45) is 0.821. The average Bonchev–Trinajstić information content (AvgIpc) is 2.20. The molecule has 0 saturated heterocycles. The Balaban J connectivity index is 3.71. The lowest BCUT2D eigenvalue weighted by Gasteiger charge is -2.17. The number of amides is 1. The van der Waals surface area contributed by atoms with Crippen molar-refractivity contribution in [3.8, 4) is 6.07 Å². The summed E-state index contributed by atoms with van der Waals surface area (Å²) in [6, 6.07) is 1.77. The summed E-state index contributed by atoms with van der Waals surface area (Å²) >= 11 is 0. The Hall–Kier alpha value is -1.12. The van der Waals surface area contributed by atoms with E-state index < -0.39 is 0 Å². The van der Waals surface area contributed by atoms with Gasteiger partial charge in [0.15, 0.2) is 0 Å². The molecule has 0 aromatic heterocycles. The Kier molecular flexibility index (Phi) is 7.60. The molecule has 5 heteroatoms. The smallest absolute Gasteiger partial charge is 0.234 e. The Bertz CT molecular complexity index is 223. The van der Waals surface area contributed by atoms with Gasteiger partial charge < -0.3 is 15.7 Å². The maximum absolute atomic E-state index is 11.1. The standard InChI is InChI=1S/C10H19N3O2/c1-8(2)5-9(7-14)13-6-10(15)12-4-3-11/h8-9,13-14H,4-7H2,1-2H3,(H,12,15). The number of aliphatic hydroxyl groups is 1. The van der Waals surface area contributed by atoms with Gasteiger partial charge in [0.05, 0.1) is 19.2 Å². The van der Waals surface area contributed by atoms with Crippen LogP contribution in [0.1, 0.15) is 20.3 Å². The number of nitriles is 1. The molecule has 0 aromatic rings. The second-order valence-electron chi connectivity index (χ2n) is 3.82. The molecule has 3 N–H and O–H groups in total. The fraction of sp³-hybridized carbons (Fsp3) is 0.800. The van der Waals surface area contributed by atoms with E-state index in [9.17, 15) is 4.79 Å². The Morgan fingerprint density at radius 3 is 2.67 bits per heavy atom. The van der Waals surface area contributed by atoms with E-state index in [0.717, 1.165) is 6.42 Å². The highest BCUT2D eigenvalue weighted by molar-refractivity contribution is 5.78. The van der Waals surface area contributed by atoms with Crippen LogP contribution in [0.2, 0.25) is 0 Å². The van der Waals surface area contributed by atoms with E-state index in [0.29, 0.717) is 5.92 Å². The first kappa shape index (κ1) is 13.9. The van der Waals surface area contributed by atoms with E-state index in [1.807, 2.05) is 6.07 Å². The van der Waals surface area contributed by atoms with Crippen molar-refractivity contribution in [2.45, 2.75) is 26.3 Å². The minimum atomic E-state index is -0.223. The van der Waals surface area contributed by atoms with Gasteiger partial charge in [-0.05, 0) is 12.3 Å². The van der Waals surface area contributed by atoms with Crippen molar-refractivity contribution in [2.24, 2.45) is 5.92 Å². The van der Waals surface area contributed by atoms with Crippen molar-refractivity contribution < 1.29 is 9.90 Å². The van der Waals surface area contributed by atoms with Gasteiger partial charge in [-0.15, -0.1) is 0 Å². The van der Waals surface area contributed by atoms with Crippen LogP contribution in [-0.4, -0.2) is 36.8 Å². The third-order valence-electron chi connectivity index (χ3n) is 1.89. The van der Waals surface area contributed by atoms with Gasteiger partial charge in [0.1, 0.15) is 6.54 Å². The number of rotatable bonds is 7. The van der Waals surface area contributed by atoms with Crippen molar-refractivity contribution in [3.63, 3.8) is 0 Å². The van der Waals surface area contributed by atoms with Gasteiger partial charge in [-0.2, -0.15) is 5.26 Å². The summed E-state index contributed by atoms with van der Waals surface area (Å²) in [5, 5.41) is 22.6. The number of hydrogen-bond donors (Lipinski definition) is 3. The molecular formula is C10H19N3O2. The molecule has 0 heterocycles. The van der Waals surface area contributed by atoms with E-state index in [-0.39, 0.29) is 31.6 Å². The molecular weight excluding hydrogens is 194 g/mol. The highest BCUT2D eigenvalue weighted by atomic mass is 16.3. The van der Waals surface area contributed by atoms with Crippen LogP contribution in [0.3, 0.4) is 0 Å². The molecule has 0 aliphatic heterocycles. The first-order valence-corrected chi connectivity index (χ1v) is 5.08. The van der Waals surface area contributed by atoms with Crippen LogP contribution >= 0.6 is 0 Å². The van der Waals surface area contributed by atoms with Crippen LogP contribution < -0.4 is 10.6 Å². The Morgan fingerprint density at radius 2 is 2.20 bits per heavy atom. The predicted octanol–water partition coefficient (Wildman–Crippen LogP) is -0.377. The highest BCUT2D eigenvalue weighted by Crippen LogP contribution is 2.03. The van der Waals surface area contributed by atoms with Gasteiger partial charge >= 0.3 is 0 Å². The molecule has 0 aromatic carbocycles. The van der Waals surface area contributed by atoms with Crippen LogP contribution in [0.15, 0.2) is 0 Å². The molecule has 0 aliphatic rings. The largest absolute Gasteiger partial charge is 0.395 e. The SMILES string of the molecule is CC(C)CC(CO)NCC(=O)NCC#N. The van der Waals surface area contributed by atoms with Crippen molar-refractivity contribution in [1.29, 1.82) is 5.26 Å². The summed E-state index contributed by atoms with van der Waals surface area (Å²) in [5.74, 6) is 0.246. The topological polar surface area (TPSA) is 85.2 Å². The van der Waals surface area contributed by atoms with E-state index in [1.165, 1.54) is 0 Å². The number of carbonyl (C=O) groups excluding carboxylic acids is 1. The van der Waals surface area contributed by atoms with Gasteiger partial charge in [0.25, 0.3) is 0 Å². The molecule has 0 fully saturated rings. The maximum Gasteiger partial charge on any atom is 0.234 e. The van der Waals surface area contributed by atoms with Crippen LogP contribution in [0.4, 0.5) is 0 Å². The van der Waals surface area contributed by atoms with Gasteiger partial charge in [-0.1, -0.05) is 13.8 Å². The van der Waals surface area contributed by atoms with Gasteiger partial charge in [-0.25, -0.2) is 0 Å². The average molecular weight is 213 g/mol. The second-order valence-corrected chi connectivity index (χ2v) is 3.82. The molecule has 5 nitrogen and oxygen atoms in total. The summed E-state index contributed by atoms with van der Waals surface area (Å²) < 4.78 is 0. The van der Waals surface area contributed by atoms with Crippen molar-refractivity contribution in [1.82, 2.24) is 10.6 Å². The van der Waals surface area contributed by atoms with Crippen LogP contribution in [-0.2, 0) is 4.79 Å². The lowest BCUT2D eigenvalue weighted by atomic mass is 10.0. The first-order valence-electron chi connectivity index (χ1n) is 5.08. The lowest BCUT2D eigenvalue weighted by molar-refractivity contribution is -0.120.